The Morgan fingerprint density at radius 3 is 2.49 bits per heavy atom. The first-order chi connectivity index (χ1) is 21.4. The van der Waals surface area contributed by atoms with Crippen LogP contribution >= 0.6 is 11.8 Å². The molecule has 0 bridgehead atoms. The van der Waals surface area contributed by atoms with Crippen molar-refractivity contribution in [1.29, 1.82) is 0 Å². The van der Waals surface area contributed by atoms with E-state index in [-0.39, 0.29) is 29.6 Å². The maximum atomic E-state index is 13.2. The molecule has 1 saturated heterocycles. The van der Waals surface area contributed by atoms with E-state index in [1.54, 1.807) is 6.07 Å². The van der Waals surface area contributed by atoms with E-state index in [9.17, 15) is 32.4 Å². The minimum Gasteiger partial charge on any atom is -0.434 e. The van der Waals surface area contributed by atoms with Crippen LogP contribution in [-0.2, 0) is 57.3 Å². The maximum Gasteiger partial charge on any atom is 0.511 e. The third-order valence-electron chi connectivity index (χ3n) is 6.14. The predicted molar refractivity (Wildman–Crippen MR) is 156 cm³/mol. The predicted octanol–water partition coefficient (Wildman–Crippen LogP) is 1.11. The monoisotopic (exact) mass is 671 g/mol. The fraction of sp³-hybridized carbons (Fsp3) is 0.481. The van der Waals surface area contributed by atoms with Gasteiger partial charge in [-0.2, -0.15) is 8.42 Å². The molecule has 2 amide bonds. The number of hydrogen-bond donors (Lipinski definition) is 1. The molecule has 16 nitrogen and oxygen atoms in total. The van der Waals surface area contributed by atoms with Crippen LogP contribution in [0, 0.1) is 0 Å². The van der Waals surface area contributed by atoms with Crippen molar-refractivity contribution in [3.63, 3.8) is 0 Å². The number of oxime groups is 1. The maximum absolute atomic E-state index is 13.2. The Bertz CT molecular complexity index is 1450. The summed E-state index contributed by atoms with van der Waals surface area (Å²) in [6.45, 7) is 2.26. The van der Waals surface area contributed by atoms with Gasteiger partial charge in [-0.25, -0.2) is 9.59 Å². The van der Waals surface area contributed by atoms with Crippen LogP contribution in [0.2, 0.25) is 0 Å². The molecule has 18 heteroatoms. The van der Waals surface area contributed by atoms with E-state index >= 15 is 0 Å². The van der Waals surface area contributed by atoms with E-state index in [2.05, 4.69) is 15.3 Å². The lowest BCUT2D eigenvalue weighted by Gasteiger charge is -2.49. The Hall–Kier alpha value is -4.00. The number of thioether (sulfide) groups is 1. The van der Waals surface area contributed by atoms with Gasteiger partial charge in [-0.15, -0.1) is 11.8 Å². The zero-order valence-electron chi connectivity index (χ0n) is 24.9. The number of ether oxygens (including phenoxy) is 4. The van der Waals surface area contributed by atoms with Crippen LogP contribution in [0.3, 0.4) is 0 Å². The van der Waals surface area contributed by atoms with Gasteiger partial charge < -0.3 is 29.1 Å². The Kier molecular flexibility index (Phi) is 12.9. The quantitative estimate of drug-likeness (QED) is 0.0382. The molecule has 0 spiro atoms. The highest BCUT2D eigenvalue weighted by molar-refractivity contribution is 8.00. The van der Waals surface area contributed by atoms with Gasteiger partial charge in [-0.3, -0.25) is 23.5 Å². The van der Waals surface area contributed by atoms with Gasteiger partial charge in [0.05, 0.1) is 18.1 Å². The van der Waals surface area contributed by atoms with Gasteiger partial charge in [-0.05, 0) is 24.1 Å². The SMILES string of the molecule is CCCCOC(=O)OC(C)OC(=O)C1=C(COC)CS[C@H]2C(NC(=O)C(=NOC)C(=O)COS(=O)(=O)c3ccccc3)C(=O)N12. The molecule has 2 aliphatic rings. The van der Waals surface area contributed by atoms with Crippen molar-refractivity contribution in [2.24, 2.45) is 5.16 Å². The summed E-state index contributed by atoms with van der Waals surface area (Å²) in [5.41, 5.74) is -0.583. The molecule has 0 aromatic heterocycles. The van der Waals surface area contributed by atoms with Gasteiger partial charge in [0, 0.05) is 19.8 Å². The Balaban J connectivity index is 1.67. The number of carbonyl (C=O) groups excluding carboxylic acids is 5. The highest BCUT2D eigenvalue weighted by atomic mass is 32.2. The van der Waals surface area contributed by atoms with Crippen LogP contribution in [0.4, 0.5) is 4.79 Å². The van der Waals surface area contributed by atoms with E-state index in [4.69, 9.17) is 23.1 Å². The van der Waals surface area contributed by atoms with Gasteiger partial charge >= 0.3 is 12.1 Å². The van der Waals surface area contributed by atoms with Crippen molar-refractivity contribution in [3.05, 3.63) is 41.6 Å². The lowest BCUT2D eigenvalue weighted by molar-refractivity contribution is -0.169. The molecular weight excluding hydrogens is 638 g/mol. The van der Waals surface area contributed by atoms with Crippen molar-refractivity contribution >= 4 is 57.3 Å². The number of hydrogen-bond acceptors (Lipinski definition) is 15. The largest absolute Gasteiger partial charge is 0.511 e. The van der Waals surface area contributed by atoms with Crippen molar-refractivity contribution in [1.82, 2.24) is 10.2 Å². The second-order valence-electron chi connectivity index (χ2n) is 9.36. The van der Waals surface area contributed by atoms with Crippen LogP contribution in [0.5, 0.6) is 0 Å². The van der Waals surface area contributed by atoms with E-state index < -0.39 is 69.9 Å². The molecule has 0 saturated carbocycles. The summed E-state index contributed by atoms with van der Waals surface area (Å²) in [6.07, 6.45) is -0.958. The Labute approximate surface area is 263 Å². The fourth-order valence-corrected chi connectivity index (χ4v) is 6.25. The number of ketones is 1. The molecule has 1 aromatic carbocycles. The molecule has 2 heterocycles. The molecular formula is C27H33N3O13S2. The highest BCUT2D eigenvalue weighted by Gasteiger charge is 2.55. The lowest BCUT2D eigenvalue weighted by Crippen LogP contribution is -2.71. The first-order valence-corrected chi connectivity index (χ1v) is 16.0. The molecule has 3 rings (SSSR count). The summed E-state index contributed by atoms with van der Waals surface area (Å²) in [4.78, 5) is 69.4. The molecule has 246 valence electrons. The number of amides is 2. The van der Waals surface area contributed by atoms with Crippen LogP contribution < -0.4 is 5.32 Å². The number of benzene rings is 1. The fourth-order valence-electron chi connectivity index (χ4n) is 4.03. The molecule has 3 atom stereocenters. The van der Waals surface area contributed by atoms with Crippen LogP contribution in [-0.4, -0.2) is 106 Å². The highest BCUT2D eigenvalue weighted by Crippen LogP contribution is 2.40. The lowest BCUT2D eigenvalue weighted by atomic mass is 10.0. The zero-order chi connectivity index (χ0) is 33.1. The zero-order valence-corrected chi connectivity index (χ0v) is 26.5. The summed E-state index contributed by atoms with van der Waals surface area (Å²) in [5.74, 6) is -3.77. The summed E-state index contributed by atoms with van der Waals surface area (Å²) < 4.78 is 49.8. The minimum atomic E-state index is -4.32. The average molecular weight is 672 g/mol. The van der Waals surface area contributed by atoms with Crippen molar-refractivity contribution < 1.29 is 60.4 Å². The first kappa shape index (κ1) is 35.5. The Morgan fingerprint density at radius 2 is 1.84 bits per heavy atom. The second-order valence-corrected chi connectivity index (χ2v) is 12.1. The average Bonchev–Trinajstić information content (AvgIpc) is 3.01. The topological polar surface area (TPSA) is 202 Å². The summed E-state index contributed by atoms with van der Waals surface area (Å²) in [5, 5.41) is 4.97. The molecule has 1 fully saturated rings. The van der Waals surface area contributed by atoms with E-state index in [0.29, 0.717) is 12.0 Å². The second kappa shape index (κ2) is 16.4. The van der Waals surface area contributed by atoms with Crippen LogP contribution in [0.15, 0.2) is 51.7 Å². The first-order valence-electron chi connectivity index (χ1n) is 13.5. The van der Waals surface area contributed by atoms with Gasteiger partial charge in [0.15, 0.2) is 0 Å². The number of nitrogens with zero attached hydrogens (tertiary/aromatic N) is 2. The molecule has 1 aromatic rings. The van der Waals surface area contributed by atoms with E-state index in [1.807, 2.05) is 6.92 Å². The molecule has 1 N–H and O–H groups in total. The molecule has 0 radical (unpaired) electrons. The molecule has 45 heavy (non-hydrogen) atoms. The third-order valence-corrected chi connectivity index (χ3v) is 8.75. The summed E-state index contributed by atoms with van der Waals surface area (Å²) in [7, 11) is -1.86. The normalized spacial score (nSPS) is 18.7. The van der Waals surface area contributed by atoms with E-state index in [0.717, 1.165) is 18.4 Å². The van der Waals surface area contributed by atoms with E-state index in [1.165, 1.54) is 50.1 Å². The molecule has 2 unspecified atom stereocenters. The number of unbranched alkanes of at least 4 members (excludes halogenated alkanes) is 1. The van der Waals surface area contributed by atoms with Gasteiger partial charge in [0.25, 0.3) is 21.9 Å². The van der Waals surface area contributed by atoms with Crippen molar-refractivity contribution in [3.8, 4) is 0 Å². The van der Waals surface area contributed by atoms with Gasteiger partial charge in [-0.1, -0.05) is 36.7 Å². The van der Waals surface area contributed by atoms with Gasteiger partial charge in [0.1, 0.15) is 30.8 Å². The third kappa shape index (κ3) is 9.03. The van der Waals surface area contributed by atoms with Crippen LogP contribution in [0.1, 0.15) is 26.7 Å². The number of nitrogens with one attached hydrogen (secondary N) is 1. The number of methoxy groups -OCH3 is 1. The smallest absolute Gasteiger partial charge is 0.434 e. The summed E-state index contributed by atoms with van der Waals surface area (Å²) in [6, 6.07) is 5.83. The van der Waals surface area contributed by atoms with Crippen molar-refractivity contribution in [2.45, 2.75) is 49.3 Å². The standard InChI is InChI=1S/C27H33N3O13S2/c1-5-6-12-40-27(35)43-16(2)42-26(34)22-17(13-38-3)15-44-25-21(24(33)30(22)25)28-23(32)20(29-39-4)19(31)14-41-45(36,37)18-10-8-7-9-11-18/h7-11,16,21,25H,5-6,12-15H2,1-4H3,(H,28,32)/t16?,21?,25-/m0/s1. The Morgan fingerprint density at radius 1 is 1.13 bits per heavy atom. The number of fused-ring (bicyclic) bond motifs is 1. The number of rotatable bonds is 16. The number of esters is 1. The molecule has 0 aliphatic carbocycles. The van der Waals surface area contributed by atoms with Crippen LogP contribution in [0.25, 0.3) is 0 Å². The van der Waals surface area contributed by atoms with Crippen molar-refractivity contribution in [2.75, 3.05) is 39.8 Å². The summed E-state index contributed by atoms with van der Waals surface area (Å²) >= 11 is 1.20. The molecule has 2 aliphatic heterocycles. The number of Topliss-reactive ketones (excluding diaryl/α,β-unsaturated/α-hetero) is 1. The number of carbonyl (C=O) groups is 5. The number of β-lactam (4-membered cyclic amide) rings is 1. The minimum absolute atomic E-state index is 0.0235. The van der Waals surface area contributed by atoms with Gasteiger partial charge in [0.2, 0.25) is 17.8 Å².